The summed E-state index contributed by atoms with van der Waals surface area (Å²) in [7, 11) is 0. The van der Waals surface area contributed by atoms with Crippen LogP contribution in [0.15, 0.2) is 24.3 Å². The van der Waals surface area contributed by atoms with Crippen molar-refractivity contribution in [1.29, 1.82) is 0 Å². The number of nitrogens with two attached hydrogens (primary N) is 1. The molecule has 1 atom stereocenters. The van der Waals surface area contributed by atoms with Gasteiger partial charge in [0.2, 0.25) is 5.91 Å². The molecule has 1 unspecified atom stereocenters. The van der Waals surface area contributed by atoms with Crippen molar-refractivity contribution in [3.63, 3.8) is 0 Å². The van der Waals surface area contributed by atoms with Crippen LogP contribution in [0.4, 0.5) is 0 Å². The molecule has 26 heavy (non-hydrogen) atoms. The zero-order valence-corrected chi connectivity index (χ0v) is 15.3. The number of nitrogens with one attached hydrogen (secondary N) is 1. The first-order valence-corrected chi connectivity index (χ1v) is 9.97. The molecule has 2 fully saturated rings. The summed E-state index contributed by atoms with van der Waals surface area (Å²) in [5.41, 5.74) is 7.23. The van der Waals surface area contributed by atoms with Crippen LogP contribution in [0.3, 0.4) is 0 Å². The van der Waals surface area contributed by atoms with Crippen LogP contribution in [0.25, 0.3) is 10.4 Å². The Morgan fingerprint density at radius 3 is 2.54 bits per heavy atom. The van der Waals surface area contributed by atoms with Gasteiger partial charge in [0.25, 0.3) is 0 Å². The van der Waals surface area contributed by atoms with Crippen molar-refractivity contribution in [3.05, 3.63) is 47.0 Å². The van der Waals surface area contributed by atoms with Gasteiger partial charge in [-0.2, -0.15) is 0 Å². The molecule has 1 aliphatic carbocycles. The van der Waals surface area contributed by atoms with E-state index in [0.717, 1.165) is 47.7 Å². The van der Waals surface area contributed by atoms with Crippen molar-refractivity contribution in [3.8, 4) is 10.4 Å². The van der Waals surface area contributed by atoms with Crippen LogP contribution in [0.1, 0.15) is 63.9 Å². The Labute approximate surface area is 157 Å². The SMILES string of the molecule is NC(=O)c1ccc(-c2sc(C3CC3)nc2C(=O)[CH]C2CCCCN2)cc1. The second kappa shape index (κ2) is 7.29. The summed E-state index contributed by atoms with van der Waals surface area (Å²) in [5, 5.41) is 4.44. The molecule has 1 saturated heterocycles. The van der Waals surface area contributed by atoms with Crippen molar-refractivity contribution in [2.45, 2.75) is 44.1 Å². The molecule has 1 amide bonds. The first kappa shape index (κ1) is 17.4. The molecule has 1 saturated carbocycles. The lowest BCUT2D eigenvalue weighted by molar-refractivity contribution is 0.0995. The number of amides is 1. The highest BCUT2D eigenvalue weighted by atomic mass is 32.1. The van der Waals surface area contributed by atoms with E-state index >= 15 is 0 Å². The summed E-state index contributed by atoms with van der Waals surface area (Å²) in [4.78, 5) is 29.8. The number of piperidine rings is 1. The number of hydrogen-bond donors (Lipinski definition) is 2. The van der Waals surface area contributed by atoms with E-state index < -0.39 is 5.91 Å². The molecule has 2 aliphatic rings. The number of hydrogen-bond acceptors (Lipinski definition) is 5. The number of aromatic nitrogens is 1. The molecule has 3 N–H and O–H groups in total. The molecule has 1 aromatic carbocycles. The van der Waals surface area contributed by atoms with Gasteiger partial charge >= 0.3 is 0 Å². The number of primary amides is 1. The Balaban J connectivity index is 1.62. The summed E-state index contributed by atoms with van der Waals surface area (Å²) in [5.74, 6) is 0.0343. The third-order valence-corrected chi connectivity index (χ3v) is 6.20. The van der Waals surface area contributed by atoms with E-state index in [2.05, 4.69) is 10.3 Å². The smallest absolute Gasteiger partial charge is 0.248 e. The minimum atomic E-state index is -0.451. The lowest BCUT2D eigenvalue weighted by atomic mass is 9.98. The zero-order chi connectivity index (χ0) is 18.1. The Kier molecular flexibility index (Phi) is 4.87. The average molecular weight is 368 g/mol. The summed E-state index contributed by atoms with van der Waals surface area (Å²) in [6.45, 7) is 0.959. The molecule has 6 heteroatoms. The summed E-state index contributed by atoms with van der Waals surface area (Å²) < 4.78 is 0. The van der Waals surface area contributed by atoms with Gasteiger partial charge in [0.05, 0.1) is 16.3 Å². The predicted octanol–water partition coefficient (Wildman–Crippen LogP) is 3.32. The normalized spacial score (nSPS) is 20.1. The maximum Gasteiger partial charge on any atom is 0.248 e. The van der Waals surface area contributed by atoms with Crippen LogP contribution in [0.5, 0.6) is 0 Å². The first-order valence-electron chi connectivity index (χ1n) is 9.15. The van der Waals surface area contributed by atoms with Crippen molar-refractivity contribution < 1.29 is 9.59 Å². The van der Waals surface area contributed by atoms with Crippen LogP contribution in [0, 0.1) is 6.42 Å². The zero-order valence-electron chi connectivity index (χ0n) is 14.5. The fourth-order valence-corrected chi connectivity index (χ4v) is 4.52. The van der Waals surface area contributed by atoms with Gasteiger partial charge in [-0.25, -0.2) is 4.98 Å². The van der Waals surface area contributed by atoms with Crippen molar-refractivity contribution in [2.75, 3.05) is 6.54 Å². The molecule has 1 aromatic heterocycles. The van der Waals surface area contributed by atoms with Crippen molar-refractivity contribution in [1.82, 2.24) is 10.3 Å². The van der Waals surface area contributed by atoms with Crippen molar-refractivity contribution >= 4 is 23.0 Å². The molecule has 1 aliphatic heterocycles. The fourth-order valence-electron chi connectivity index (χ4n) is 3.27. The van der Waals surface area contributed by atoms with Gasteiger partial charge in [0.15, 0.2) is 5.78 Å². The number of thiazole rings is 1. The molecular weight excluding hydrogens is 346 g/mol. The lowest BCUT2D eigenvalue weighted by Gasteiger charge is -2.22. The standard InChI is InChI=1S/C20H22N3O2S/c21-19(25)13-6-4-12(5-7-13)18-17(23-20(26-18)14-8-9-14)16(24)11-15-3-1-2-10-22-15/h4-7,11,14-15,22H,1-3,8-10H2,(H2,21,25). The number of carbonyl (C=O) groups excluding carboxylic acids is 2. The summed E-state index contributed by atoms with van der Waals surface area (Å²) >= 11 is 1.60. The van der Waals surface area contributed by atoms with E-state index in [1.165, 1.54) is 6.42 Å². The maximum atomic E-state index is 12.9. The molecule has 1 radical (unpaired) electrons. The largest absolute Gasteiger partial charge is 0.366 e. The van der Waals surface area contributed by atoms with Gasteiger partial charge in [0.1, 0.15) is 5.69 Å². The van der Waals surface area contributed by atoms with Crippen LogP contribution in [0.2, 0.25) is 0 Å². The van der Waals surface area contributed by atoms with E-state index in [9.17, 15) is 9.59 Å². The number of benzene rings is 1. The number of nitrogens with zero attached hydrogens (tertiary/aromatic N) is 1. The summed E-state index contributed by atoms with van der Waals surface area (Å²) in [6, 6.07) is 7.23. The molecule has 0 bridgehead atoms. The van der Waals surface area contributed by atoms with Crippen LogP contribution in [-0.2, 0) is 0 Å². The minimum Gasteiger partial charge on any atom is -0.366 e. The predicted molar refractivity (Wildman–Crippen MR) is 102 cm³/mol. The molecule has 135 valence electrons. The highest BCUT2D eigenvalue weighted by Crippen LogP contribution is 2.45. The molecular formula is C20H22N3O2S. The molecule has 4 rings (SSSR count). The van der Waals surface area contributed by atoms with E-state index in [1.807, 2.05) is 12.1 Å². The molecule has 2 aromatic rings. The Hall–Kier alpha value is -2.05. The lowest BCUT2D eigenvalue weighted by Crippen LogP contribution is -2.36. The Morgan fingerprint density at radius 1 is 1.15 bits per heavy atom. The third kappa shape index (κ3) is 3.71. The van der Waals surface area contributed by atoms with Crippen LogP contribution >= 0.6 is 11.3 Å². The van der Waals surface area contributed by atoms with Crippen LogP contribution in [-0.4, -0.2) is 29.3 Å². The highest BCUT2D eigenvalue weighted by Gasteiger charge is 2.31. The Morgan fingerprint density at radius 2 is 1.92 bits per heavy atom. The van der Waals surface area contributed by atoms with Crippen molar-refractivity contribution in [2.24, 2.45) is 5.73 Å². The van der Waals surface area contributed by atoms with E-state index in [1.54, 1.807) is 29.9 Å². The summed E-state index contributed by atoms with van der Waals surface area (Å²) in [6.07, 6.45) is 7.39. The van der Waals surface area contributed by atoms with E-state index in [4.69, 9.17) is 5.73 Å². The van der Waals surface area contributed by atoms with Crippen LogP contribution < -0.4 is 11.1 Å². The number of Topliss-reactive ketones (excluding diaryl/α,β-unsaturated/α-hetero) is 1. The van der Waals surface area contributed by atoms with Gasteiger partial charge in [-0.3, -0.25) is 9.59 Å². The molecule has 0 spiro atoms. The first-order chi connectivity index (χ1) is 12.6. The quantitative estimate of drug-likeness (QED) is 0.766. The maximum absolute atomic E-state index is 12.9. The Bertz CT molecular complexity index is 818. The fraction of sp³-hybridized carbons (Fsp3) is 0.400. The number of rotatable bonds is 6. The molecule has 5 nitrogen and oxygen atoms in total. The van der Waals surface area contributed by atoms with Gasteiger partial charge in [-0.05, 0) is 49.9 Å². The molecule has 2 heterocycles. The van der Waals surface area contributed by atoms with Gasteiger partial charge in [-0.1, -0.05) is 18.6 Å². The highest BCUT2D eigenvalue weighted by molar-refractivity contribution is 7.15. The minimum absolute atomic E-state index is 0.0125. The topological polar surface area (TPSA) is 85.1 Å². The van der Waals surface area contributed by atoms with E-state index in [-0.39, 0.29) is 11.8 Å². The van der Waals surface area contributed by atoms with E-state index in [0.29, 0.717) is 17.2 Å². The number of carbonyl (C=O) groups is 2. The van der Waals surface area contributed by atoms with Gasteiger partial charge in [0, 0.05) is 17.5 Å². The average Bonchev–Trinajstić information content (AvgIpc) is 3.41. The third-order valence-electron chi connectivity index (χ3n) is 4.94. The van der Waals surface area contributed by atoms with Gasteiger partial charge < -0.3 is 11.1 Å². The second-order valence-electron chi connectivity index (χ2n) is 7.03. The number of ketones is 1. The monoisotopic (exact) mass is 368 g/mol. The van der Waals surface area contributed by atoms with Gasteiger partial charge in [-0.15, -0.1) is 11.3 Å². The second-order valence-corrected chi connectivity index (χ2v) is 8.06.